The summed E-state index contributed by atoms with van der Waals surface area (Å²) >= 11 is 0. The molecule has 1 N–H and O–H groups in total. The summed E-state index contributed by atoms with van der Waals surface area (Å²) in [4.78, 5) is 0. The van der Waals surface area contributed by atoms with Crippen LogP contribution in [0.5, 0.6) is 0 Å². The number of aliphatic hydroxyl groups excluding tert-OH is 1. The van der Waals surface area contributed by atoms with Crippen LogP contribution in [-0.2, 0) is 4.74 Å². The zero-order valence-corrected chi connectivity index (χ0v) is 8.84. The van der Waals surface area contributed by atoms with E-state index in [4.69, 9.17) is 4.74 Å². The van der Waals surface area contributed by atoms with Crippen LogP contribution in [0.2, 0.25) is 0 Å². The van der Waals surface area contributed by atoms with Crippen molar-refractivity contribution in [3.05, 3.63) is 0 Å². The van der Waals surface area contributed by atoms with Gasteiger partial charge in [-0.1, -0.05) is 13.8 Å². The zero-order valence-electron chi connectivity index (χ0n) is 8.84. The second-order valence-corrected chi connectivity index (χ2v) is 3.25. The lowest BCUT2D eigenvalue weighted by atomic mass is 9.99. The lowest BCUT2D eigenvalue weighted by molar-refractivity contribution is 0.115. The van der Waals surface area contributed by atoms with Gasteiger partial charge < -0.3 is 9.84 Å². The molecule has 0 rings (SSSR count). The fourth-order valence-electron chi connectivity index (χ4n) is 1.01. The lowest BCUT2D eigenvalue weighted by Gasteiger charge is -2.13. The van der Waals surface area contributed by atoms with Gasteiger partial charge in [0.05, 0.1) is 12.7 Å². The van der Waals surface area contributed by atoms with Crippen molar-refractivity contribution in [2.75, 3.05) is 13.7 Å². The van der Waals surface area contributed by atoms with Crippen LogP contribution < -0.4 is 0 Å². The maximum absolute atomic E-state index is 9.44. The van der Waals surface area contributed by atoms with Crippen molar-refractivity contribution in [1.29, 1.82) is 0 Å². The summed E-state index contributed by atoms with van der Waals surface area (Å²) in [5, 5.41) is 9.44. The third-order valence-electron chi connectivity index (χ3n) is 2.06. The Morgan fingerprint density at radius 2 is 2.08 bits per heavy atom. The second-order valence-electron chi connectivity index (χ2n) is 3.25. The Labute approximate surface area is 81.3 Å². The molecule has 0 aromatic carbocycles. The fraction of sp³-hybridized carbons (Fsp3) is 0.818. The average molecular weight is 184 g/mol. The number of rotatable bonds is 5. The summed E-state index contributed by atoms with van der Waals surface area (Å²) in [5.74, 6) is 6.33. The third-order valence-corrected chi connectivity index (χ3v) is 2.06. The van der Waals surface area contributed by atoms with Gasteiger partial charge in [0, 0.05) is 20.0 Å². The van der Waals surface area contributed by atoms with Crippen LogP contribution in [0.4, 0.5) is 0 Å². The Kier molecular flexibility index (Phi) is 7.77. The van der Waals surface area contributed by atoms with E-state index in [1.807, 2.05) is 13.8 Å². The van der Waals surface area contributed by atoms with Crippen molar-refractivity contribution in [1.82, 2.24) is 0 Å². The predicted molar refractivity (Wildman–Crippen MR) is 54.3 cm³/mol. The topological polar surface area (TPSA) is 29.5 Å². The van der Waals surface area contributed by atoms with Crippen molar-refractivity contribution < 1.29 is 9.84 Å². The third kappa shape index (κ3) is 6.62. The van der Waals surface area contributed by atoms with Gasteiger partial charge in [0.2, 0.25) is 0 Å². The molecule has 0 saturated carbocycles. The molecule has 0 aliphatic rings. The van der Waals surface area contributed by atoms with E-state index >= 15 is 0 Å². The fourth-order valence-corrected chi connectivity index (χ4v) is 1.01. The molecule has 0 amide bonds. The lowest BCUT2D eigenvalue weighted by Crippen LogP contribution is -2.15. The molecule has 0 aliphatic carbocycles. The van der Waals surface area contributed by atoms with Gasteiger partial charge in [-0.05, 0) is 12.3 Å². The molecule has 0 spiro atoms. The molecule has 2 atom stereocenters. The minimum atomic E-state index is -0.211. The highest BCUT2D eigenvalue weighted by molar-refractivity contribution is 5.00. The maximum Gasteiger partial charge on any atom is 0.0572 e. The molecule has 0 bridgehead atoms. The van der Waals surface area contributed by atoms with Crippen LogP contribution in [0.15, 0.2) is 0 Å². The summed E-state index contributed by atoms with van der Waals surface area (Å²) < 4.78 is 4.87. The van der Waals surface area contributed by atoms with Gasteiger partial charge in [-0.25, -0.2) is 0 Å². The smallest absolute Gasteiger partial charge is 0.0572 e. The van der Waals surface area contributed by atoms with E-state index in [9.17, 15) is 5.11 Å². The van der Waals surface area contributed by atoms with Crippen LogP contribution in [0.25, 0.3) is 0 Å². The quantitative estimate of drug-likeness (QED) is 0.521. The van der Waals surface area contributed by atoms with Gasteiger partial charge in [0.15, 0.2) is 0 Å². The molecule has 0 saturated heterocycles. The van der Waals surface area contributed by atoms with E-state index in [0.29, 0.717) is 6.61 Å². The van der Waals surface area contributed by atoms with Crippen molar-refractivity contribution in [2.24, 2.45) is 5.92 Å². The Bertz CT molecular complexity index is 167. The van der Waals surface area contributed by atoms with E-state index in [2.05, 4.69) is 11.8 Å². The summed E-state index contributed by atoms with van der Waals surface area (Å²) in [6.45, 7) is 4.70. The van der Waals surface area contributed by atoms with Crippen molar-refractivity contribution in [3.8, 4) is 11.8 Å². The first-order valence-corrected chi connectivity index (χ1v) is 4.85. The zero-order chi connectivity index (χ0) is 10.1. The van der Waals surface area contributed by atoms with Gasteiger partial charge in [0.25, 0.3) is 0 Å². The highest BCUT2D eigenvalue weighted by Crippen LogP contribution is 2.09. The molecule has 13 heavy (non-hydrogen) atoms. The number of aliphatic hydroxyl groups is 1. The van der Waals surface area contributed by atoms with Crippen molar-refractivity contribution in [3.63, 3.8) is 0 Å². The van der Waals surface area contributed by atoms with Crippen LogP contribution in [0, 0.1) is 17.8 Å². The Balaban J connectivity index is 3.53. The molecule has 2 nitrogen and oxygen atoms in total. The van der Waals surface area contributed by atoms with Crippen molar-refractivity contribution >= 4 is 0 Å². The molecule has 0 aromatic rings. The minimum absolute atomic E-state index is 0.211. The first kappa shape index (κ1) is 12.5. The van der Waals surface area contributed by atoms with Crippen LogP contribution in [0.1, 0.15) is 33.1 Å². The van der Waals surface area contributed by atoms with Gasteiger partial charge in [-0.2, -0.15) is 0 Å². The minimum Gasteiger partial charge on any atom is -0.393 e. The Morgan fingerprint density at radius 3 is 2.62 bits per heavy atom. The molecule has 1 unspecified atom stereocenters. The molecule has 0 aliphatic heterocycles. The number of hydrogen-bond acceptors (Lipinski definition) is 2. The summed E-state index contributed by atoms with van der Waals surface area (Å²) in [7, 11) is 1.67. The van der Waals surface area contributed by atoms with Crippen LogP contribution >= 0.6 is 0 Å². The van der Waals surface area contributed by atoms with E-state index in [-0.39, 0.29) is 12.0 Å². The maximum atomic E-state index is 9.44. The molecule has 0 aromatic heterocycles. The highest BCUT2D eigenvalue weighted by atomic mass is 16.5. The van der Waals surface area contributed by atoms with E-state index in [1.165, 1.54) is 0 Å². The van der Waals surface area contributed by atoms with Crippen molar-refractivity contribution in [2.45, 2.75) is 39.2 Å². The normalized spacial score (nSPS) is 14.5. The SMILES string of the molecule is CCC(O)[C@H](C)CC#CCCOC. The van der Waals surface area contributed by atoms with Gasteiger partial charge in [-0.3, -0.25) is 0 Å². The first-order valence-electron chi connectivity index (χ1n) is 4.85. The monoisotopic (exact) mass is 184 g/mol. The van der Waals surface area contributed by atoms with E-state index in [0.717, 1.165) is 19.3 Å². The number of hydrogen-bond donors (Lipinski definition) is 1. The van der Waals surface area contributed by atoms with E-state index < -0.39 is 0 Å². The summed E-state index contributed by atoms with van der Waals surface area (Å²) in [6, 6.07) is 0. The Hall–Kier alpha value is -0.520. The average Bonchev–Trinajstić information content (AvgIpc) is 2.16. The second kappa shape index (κ2) is 8.10. The molecule has 0 heterocycles. The van der Waals surface area contributed by atoms with Gasteiger partial charge in [0.1, 0.15) is 0 Å². The molecule has 76 valence electrons. The molecule has 2 heteroatoms. The number of ether oxygens (including phenoxy) is 1. The highest BCUT2D eigenvalue weighted by Gasteiger charge is 2.09. The first-order chi connectivity index (χ1) is 6.22. The predicted octanol–water partition coefficient (Wildman–Crippen LogP) is 1.82. The summed E-state index contributed by atoms with van der Waals surface area (Å²) in [6.07, 6.45) is 2.15. The Morgan fingerprint density at radius 1 is 1.38 bits per heavy atom. The van der Waals surface area contributed by atoms with Gasteiger partial charge in [-0.15, -0.1) is 11.8 Å². The largest absolute Gasteiger partial charge is 0.393 e. The molecule has 0 radical (unpaired) electrons. The van der Waals surface area contributed by atoms with Crippen LogP contribution in [-0.4, -0.2) is 24.9 Å². The standard InChI is InChI=1S/C11H20O2/c1-4-11(12)10(2)8-6-5-7-9-13-3/h10-12H,4,7-9H2,1-3H3/t10-,11?/m1/s1. The van der Waals surface area contributed by atoms with Gasteiger partial charge >= 0.3 is 0 Å². The van der Waals surface area contributed by atoms with Crippen LogP contribution in [0.3, 0.4) is 0 Å². The molecular weight excluding hydrogens is 164 g/mol. The molecular formula is C11H20O2. The van der Waals surface area contributed by atoms with E-state index in [1.54, 1.807) is 7.11 Å². The number of methoxy groups -OCH3 is 1. The molecule has 0 fully saturated rings. The summed E-state index contributed by atoms with van der Waals surface area (Å²) in [5.41, 5.74) is 0.